The highest BCUT2D eigenvalue weighted by atomic mass is 35.7. The van der Waals surface area contributed by atoms with Crippen LogP contribution in [0.5, 0.6) is 0 Å². The van der Waals surface area contributed by atoms with Crippen molar-refractivity contribution in [2.75, 3.05) is 13.1 Å². The largest absolute Gasteiger partial charge is 0.338 e. The van der Waals surface area contributed by atoms with Crippen molar-refractivity contribution in [2.24, 2.45) is 5.92 Å². The zero-order chi connectivity index (χ0) is 14.9. The quantitative estimate of drug-likeness (QED) is 0.805. The molecule has 110 valence electrons. The van der Waals surface area contributed by atoms with Gasteiger partial charge in [0.25, 0.3) is 15.0 Å². The Morgan fingerprint density at radius 1 is 1.50 bits per heavy atom. The Morgan fingerprint density at radius 2 is 2.20 bits per heavy atom. The summed E-state index contributed by atoms with van der Waals surface area (Å²) in [5.74, 6) is -0.744. The Bertz CT molecular complexity index is 633. The van der Waals surface area contributed by atoms with E-state index in [9.17, 15) is 17.6 Å². The Kier molecular flexibility index (Phi) is 4.34. The fourth-order valence-corrected chi connectivity index (χ4v) is 3.45. The summed E-state index contributed by atoms with van der Waals surface area (Å²) in [6, 6.07) is 2.93. The van der Waals surface area contributed by atoms with Crippen LogP contribution in [0.4, 0.5) is 4.39 Å². The van der Waals surface area contributed by atoms with E-state index in [-0.39, 0.29) is 10.5 Å². The van der Waals surface area contributed by atoms with Crippen molar-refractivity contribution in [1.29, 1.82) is 0 Å². The van der Waals surface area contributed by atoms with Crippen LogP contribution >= 0.6 is 10.7 Å². The van der Waals surface area contributed by atoms with Crippen molar-refractivity contribution in [3.8, 4) is 0 Å². The summed E-state index contributed by atoms with van der Waals surface area (Å²) in [5, 5.41) is 0. The van der Waals surface area contributed by atoms with Gasteiger partial charge < -0.3 is 4.90 Å². The lowest BCUT2D eigenvalue weighted by Crippen LogP contribution is -2.29. The van der Waals surface area contributed by atoms with E-state index in [1.807, 2.05) is 6.92 Å². The summed E-state index contributed by atoms with van der Waals surface area (Å²) in [7, 11) is 1.22. The van der Waals surface area contributed by atoms with Gasteiger partial charge in [0, 0.05) is 23.8 Å². The Hall–Kier alpha value is -1.14. The number of rotatable bonds is 3. The number of amides is 1. The number of hydrogen-bond acceptors (Lipinski definition) is 3. The van der Waals surface area contributed by atoms with E-state index in [0.29, 0.717) is 19.0 Å². The summed E-state index contributed by atoms with van der Waals surface area (Å²) >= 11 is 0. The molecule has 0 aliphatic carbocycles. The Balaban J connectivity index is 2.37. The molecule has 0 saturated carbocycles. The van der Waals surface area contributed by atoms with E-state index >= 15 is 0 Å². The van der Waals surface area contributed by atoms with Gasteiger partial charge in [0.2, 0.25) is 0 Å². The molecule has 0 aromatic heterocycles. The minimum atomic E-state index is -4.09. The number of halogens is 2. The molecule has 1 aliphatic rings. The van der Waals surface area contributed by atoms with E-state index in [1.165, 1.54) is 0 Å². The van der Waals surface area contributed by atoms with Crippen LogP contribution in [0, 0.1) is 11.7 Å². The lowest BCUT2D eigenvalue weighted by atomic mass is 10.1. The summed E-state index contributed by atoms with van der Waals surface area (Å²) < 4.78 is 36.3. The topological polar surface area (TPSA) is 54.5 Å². The van der Waals surface area contributed by atoms with Crippen LogP contribution in [-0.4, -0.2) is 32.3 Å². The molecule has 0 bridgehead atoms. The fraction of sp³-hybridized carbons (Fsp3) is 0.462. The van der Waals surface area contributed by atoms with Crippen LogP contribution < -0.4 is 0 Å². The number of hydrogen-bond donors (Lipinski definition) is 0. The van der Waals surface area contributed by atoms with Crippen LogP contribution in [0.3, 0.4) is 0 Å². The number of likely N-dealkylation sites (tertiary alicyclic amines) is 1. The lowest BCUT2D eigenvalue weighted by Gasteiger charge is -2.17. The fourth-order valence-electron chi connectivity index (χ4n) is 2.40. The highest BCUT2D eigenvalue weighted by molar-refractivity contribution is 8.13. The van der Waals surface area contributed by atoms with Crippen molar-refractivity contribution >= 4 is 25.6 Å². The molecule has 1 aromatic rings. The maximum absolute atomic E-state index is 13.3. The van der Waals surface area contributed by atoms with Gasteiger partial charge in [-0.1, -0.05) is 13.3 Å². The second-order valence-corrected chi connectivity index (χ2v) is 7.43. The molecule has 1 heterocycles. The Labute approximate surface area is 121 Å². The van der Waals surface area contributed by atoms with E-state index < -0.39 is 20.8 Å². The van der Waals surface area contributed by atoms with E-state index in [4.69, 9.17) is 10.7 Å². The van der Waals surface area contributed by atoms with Gasteiger partial charge in [0.05, 0.1) is 10.5 Å². The van der Waals surface area contributed by atoms with Crippen molar-refractivity contribution in [3.05, 3.63) is 29.6 Å². The first-order chi connectivity index (χ1) is 9.32. The van der Waals surface area contributed by atoms with Gasteiger partial charge in [0.15, 0.2) is 0 Å². The van der Waals surface area contributed by atoms with Gasteiger partial charge in [-0.2, -0.15) is 0 Å². The van der Waals surface area contributed by atoms with Gasteiger partial charge in [0.1, 0.15) is 5.82 Å². The summed E-state index contributed by atoms with van der Waals surface area (Å²) in [5.41, 5.74) is -0.197. The summed E-state index contributed by atoms with van der Waals surface area (Å²) in [4.78, 5) is 13.6. The third-order valence-corrected chi connectivity index (χ3v) is 4.97. The van der Waals surface area contributed by atoms with Gasteiger partial charge in [-0.25, -0.2) is 12.8 Å². The lowest BCUT2D eigenvalue weighted by molar-refractivity contribution is 0.0782. The molecular weight excluding hydrogens is 305 g/mol. The second-order valence-electron chi connectivity index (χ2n) is 4.89. The smallest absolute Gasteiger partial charge is 0.262 e. The van der Waals surface area contributed by atoms with Crippen molar-refractivity contribution in [2.45, 2.75) is 24.7 Å². The van der Waals surface area contributed by atoms with Crippen LogP contribution in [0.2, 0.25) is 0 Å². The van der Waals surface area contributed by atoms with Gasteiger partial charge >= 0.3 is 0 Å². The molecule has 0 spiro atoms. The third kappa shape index (κ3) is 3.12. The minimum absolute atomic E-state index is 0.197. The van der Waals surface area contributed by atoms with Crippen LogP contribution in [0.25, 0.3) is 0 Å². The average Bonchev–Trinajstić information content (AvgIpc) is 2.85. The van der Waals surface area contributed by atoms with Gasteiger partial charge in [-0.15, -0.1) is 0 Å². The monoisotopic (exact) mass is 319 g/mol. The standard InChI is InChI=1S/C13H15ClFNO3S/c1-2-9-5-6-16(8-9)13(17)11-7-10(15)3-4-12(11)20(14,18)19/h3-4,7,9H,2,5-6,8H2,1H3. The maximum atomic E-state index is 13.3. The molecule has 0 radical (unpaired) electrons. The number of nitrogens with zero attached hydrogens (tertiary/aromatic N) is 1. The Morgan fingerprint density at radius 3 is 2.75 bits per heavy atom. The molecule has 1 fully saturated rings. The van der Waals surface area contributed by atoms with Crippen LogP contribution in [0.15, 0.2) is 23.1 Å². The predicted molar refractivity (Wildman–Crippen MR) is 73.7 cm³/mol. The first-order valence-corrected chi connectivity index (χ1v) is 8.67. The van der Waals surface area contributed by atoms with Crippen molar-refractivity contribution in [1.82, 2.24) is 4.90 Å². The molecule has 7 heteroatoms. The van der Waals surface area contributed by atoms with E-state index in [1.54, 1.807) is 4.90 Å². The average molecular weight is 320 g/mol. The number of carbonyl (C=O) groups is 1. The minimum Gasteiger partial charge on any atom is -0.338 e. The SMILES string of the molecule is CCC1CCN(C(=O)c2cc(F)ccc2S(=O)(=O)Cl)C1. The van der Waals surface area contributed by atoms with Gasteiger partial charge in [-0.05, 0) is 30.5 Å². The van der Waals surface area contributed by atoms with Crippen LogP contribution in [-0.2, 0) is 9.05 Å². The molecule has 1 amide bonds. The molecule has 20 heavy (non-hydrogen) atoms. The number of carbonyl (C=O) groups excluding carboxylic acids is 1. The number of benzene rings is 1. The van der Waals surface area contributed by atoms with Crippen molar-refractivity contribution in [3.63, 3.8) is 0 Å². The third-order valence-electron chi connectivity index (χ3n) is 3.59. The molecule has 1 aromatic carbocycles. The maximum Gasteiger partial charge on any atom is 0.262 e. The molecule has 4 nitrogen and oxygen atoms in total. The first-order valence-electron chi connectivity index (χ1n) is 6.36. The molecular formula is C13H15ClFNO3S. The molecule has 1 saturated heterocycles. The van der Waals surface area contributed by atoms with E-state index in [2.05, 4.69) is 0 Å². The van der Waals surface area contributed by atoms with E-state index in [0.717, 1.165) is 31.0 Å². The molecule has 1 atom stereocenters. The van der Waals surface area contributed by atoms with Crippen LogP contribution in [0.1, 0.15) is 30.1 Å². The zero-order valence-electron chi connectivity index (χ0n) is 11.0. The van der Waals surface area contributed by atoms with Crippen molar-refractivity contribution < 1.29 is 17.6 Å². The zero-order valence-corrected chi connectivity index (χ0v) is 12.5. The molecule has 1 unspecified atom stereocenters. The normalized spacial score (nSPS) is 19.4. The highest BCUT2D eigenvalue weighted by Gasteiger charge is 2.29. The molecule has 1 aliphatic heterocycles. The molecule has 0 N–H and O–H groups in total. The second kappa shape index (κ2) is 5.69. The van der Waals surface area contributed by atoms with Gasteiger partial charge in [-0.3, -0.25) is 4.79 Å². The molecule has 2 rings (SSSR count). The summed E-state index contributed by atoms with van der Waals surface area (Å²) in [6.07, 6.45) is 1.83. The predicted octanol–water partition coefficient (Wildman–Crippen LogP) is 2.63. The summed E-state index contributed by atoms with van der Waals surface area (Å²) in [6.45, 7) is 3.15. The highest BCUT2D eigenvalue weighted by Crippen LogP contribution is 2.26. The first kappa shape index (κ1) is 15.3.